The molecule has 0 spiro atoms. The normalized spacial score (nSPS) is 15.5. The first-order valence-corrected chi connectivity index (χ1v) is 9.18. The zero-order valence-electron chi connectivity index (χ0n) is 15.4. The Morgan fingerprint density at radius 2 is 1.88 bits per heavy atom. The van der Waals surface area contributed by atoms with Crippen molar-refractivity contribution in [3.8, 4) is 11.1 Å². The maximum atomic E-state index is 5.42. The second kappa shape index (κ2) is 7.43. The molecule has 0 bridgehead atoms. The Balaban J connectivity index is 1.61. The molecule has 6 heteroatoms. The molecule has 3 heterocycles. The summed E-state index contributed by atoms with van der Waals surface area (Å²) in [6.07, 6.45) is 1.91. The number of hydrogen-bond donors (Lipinski definition) is 1. The van der Waals surface area contributed by atoms with E-state index in [1.54, 1.807) is 0 Å². The molecule has 0 amide bonds. The van der Waals surface area contributed by atoms with Crippen molar-refractivity contribution in [1.29, 1.82) is 0 Å². The zero-order chi connectivity index (χ0) is 17.9. The van der Waals surface area contributed by atoms with Crippen molar-refractivity contribution >= 4 is 11.5 Å². The van der Waals surface area contributed by atoms with Gasteiger partial charge in [0.15, 0.2) is 5.65 Å². The second-order valence-corrected chi connectivity index (χ2v) is 6.71. The van der Waals surface area contributed by atoms with Crippen LogP contribution in [0.25, 0.3) is 16.8 Å². The molecule has 0 saturated carbocycles. The fourth-order valence-electron chi connectivity index (χ4n) is 3.37. The third-order valence-electron chi connectivity index (χ3n) is 5.04. The summed E-state index contributed by atoms with van der Waals surface area (Å²) in [4.78, 5) is 7.23. The molecule has 0 unspecified atom stereocenters. The van der Waals surface area contributed by atoms with Gasteiger partial charge in [-0.1, -0.05) is 30.3 Å². The Morgan fingerprint density at radius 3 is 2.65 bits per heavy atom. The maximum absolute atomic E-state index is 5.42. The summed E-state index contributed by atoms with van der Waals surface area (Å²) in [7, 11) is 0. The van der Waals surface area contributed by atoms with E-state index in [1.807, 2.05) is 28.9 Å². The smallest absolute Gasteiger partial charge is 0.165 e. The van der Waals surface area contributed by atoms with Crippen molar-refractivity contribution in [3.63, 3.8) is 0 Å². The predicted molar refractivity (Wildman–Crippen MR) is 104 cm³/mol. The Morgan fingerprint density at radius 1 is 1.12 bits per heavy atom. The van der Waals surface area contributed by atoms with Gasteiger partial charge in [-0.15, -0.1) is 0 Å². The Hall–Kier alpha value is -2.44. The van der Waals surface area contributed by atoms with Gasteiger partial charge in [-0.3, -0.25) is 4.90 Å². The van der Waals surface area contributed by atoms with Gasteiger partial charge in [0, 0.05) is 43.0 Å². The van der Waals surface area contributed by atoms with Crippen LogP contribution < -0.4 is 5.32 Å². The van der Waals surface area contributed by atoms with Crippen LogP contribution in [-0.2, 0) is 4.74 Å². The molecule has 1 saturated heterocycles. The van der Waals surface area contributed by atoms with E-state index in [4.69, 9.17) is 9.72 Å². The SMILES string of the molecule is Cc1nc2c(-c3ccccc3)cnn2c(NCCN2CCOCC2)c1C. The quantitative estimate of drug-likeness (QED) is 0.766. The minimum atomic E-state index is 0.831. The van der Waals surface area contributed by atoms with Crippen molar-refractivity contribution in [2.24, 2.45) is 0 Å². The molecular weight excluding hydrogens is 326 g/mol. The van der Waals surface area contributed by atoms with Gasteiger partial charge in [-0.2, -0.15) is 9.61 Å². The average Bonchev–Trinajstić information content (AvgIpc) is 3.09. The highest BCUT2D eigenvalue weighted by Crippen LogP contribution is 2.27. The van der Waals surface area contributed by atoms with Gasteiger partial charge in [0.25, 0.3) is 0 Å². The van der Waals surface area contributed by atoms with E-state index in [2.05, 4.69) is 41.3 Å². The molecule has 3 aromatic rings. The van der Waals surface area contributed by atoms with E-state index < -0.39 is 0 Å². The minimum Gasteiger partial charge on any atom is -0.379 e. The van der Waals surface area contributed by atoms with Crippen molar-refractivity contribution in [2.45, 2.75) is 13.8 Å². The van der Waals surface area contributed by atoms with Crippen LogP contribution in [0.1, 0.15) is 11.3 Å². The van der Waals surface area contributed by atoms with Gasteiger partial charge in [-0.05, 0) is 19.4 Å². The molecule has 1 aliphatic heterocycles. The molecule has 1 aliphatic rings. The number of nitrogens with zero attached hydrogens (tertiary/aromatic N) is 4. The number of aromatic nitrogens is 3. The lowest BCUT2D eigenvalue weighted by Crippen LogP contribution is -2.39. The lowest BCUT2D eigenvalue weighted by molar-refractivity contribution is 0.0398. The fraction of sp³-hybridized carbons (Fsp3) is 0.400. The maximum Gasteiger partial charge on any atom is 0.165 e. The minimum absolute atomic E-state index is 0.831. The molecule has 1 fully saturated rings. The molecule has 0 aliphatic carbocycles. The molecule has 0 radical (unpaired) electrons. The van der Waals surface area contributed by atoms with Crippen LogP contribution >= 0.6 is 0 Å². The van der Waals surface area contributed by atoms with Crippen LogP contribution in [0.3, 0.4) is 0 Å². The van der Waals surface area contributed by atoms with E-state index >= 15 is 0 Å². The van der Waals surface area contributed by atoms with Gasteiger partial charge >= 0.3 is 0 Å². The summed E-state index contributed by atoms with van der Waals surface area (Å²) >= 11 is 0. The molecule has 136 valence electrons. The van der Waals surface area contributed by atoms with Gasteiger partial charge in [0.2, 0.25) is 0 Å². The van der Waals surface area contributed by atoms with Gasteiger partial charge in [0.05, 0.1) is 19.4 Å². The summed E-state index contributed by atoms with van der Waals surface area (Å²) in [5.74, 6) is 1.03. The molecule has 2 aromatic heterocycles. The monoisotopic (exact) mass is 351 g/mol. The number of fused-ring (bicyclic) bond motifs is 1. The first kappa shape index (κ1) is 17.0. The second-order valence-electron chi connectivity index (χ2n) is 6.71. The number of anilines is 1. The third-order valence-corrected chi connectivity index (χ3v) is 5.04. The molecule has 1 N–H and O–H groups in total. The molecular formula is C20H25N5O. The molecule has 4 rings (SSSR count). The summed E-state index contributed by atoms with van der Waals surface area (Å²) in [6.45, 7) is 9.70. The molecule has 0 atom stereocenters. The van der Waals surface area contributed by atoms with E-state index in [0.29, 0.717) is 0 Å². The summed E-state index contributed by atoms with van der Waals surface area (Å²) < 4.78 is 7.35. The topological polar surface area (TPSA) is 54.7 Å². The Bertz CT molecular complexity index is 884. The van der Waals surface area contributed by atoms with Crippen LogP contribution in [-0.4, -0.2) is 58.9 Å². The van der Waals surface area contributed by atoms with Gasteiger partial charge in [-0.25, -0.2) is 4.98 Å². The van der Waals surface area contributed by atoms with Crippen LogP contribution in [0.2, 0.25) is 0 Å². The lowest BCUT2D eigenvalue weighted by Gasteiger charge is -2.26. The fourth-order valence-corrected chi connectivity index (χ4v) is 3.37. The van der Waals surface area contributed by atoms with Crippen LogP contribution in [0.5, 0.6) is 0 Å². The van der Waals surface area contributed by atoms with Crippen molar-refractivity contribution in [2.75, 3.05) is 44.7 Å². The Labute approximate surface area is 153 Å². The van der Waals surface area contributed by atoms with E-state index in [9.17, 15) is 0 Å². The standard InChI is InChI=1S/C20H25N5O/c1-15-16(2)23-20-18(17-6-4-3-5-7-17)14-22-25(20)19(15)21-8-9-24-10-12-26-13-11-24/h3-7,14,21H,8-13H2,1-2H3. The third kappa shape index (κ3) is 3.30. The Kier molecular flexibility index (Phi) is 4.86. The van der Waals surface area contributed by atoms with Crippen LogP contribution in [0, 0.1) is 13.8 Å². The van der Waals surface area contributed by atoms with Crippen molar-refractivity contribution in [3.05, 3.63) is 47.8 Å². The highest BCUT2D eigenvalue weighted by atomic mass is 16.5. The summed E-state index contributed by atoms with van der Waals surface area (Å²) in [6, 6.07) is 10.3. The summed E-state index contributed by atoms with van der Waals surface area (Å²) in [5.41, 5.74) is 5.27. The van der Waals surface area contributed by atoms with Gasteiger partial charge < -0.3 is 10.1 Å². The van der Waals surface area contributed by atoms with Crippen LogP contribution in [0.15, 0.2) is 36.5 Å². The van der Waals surface area contributed by atoms with Crippen molar-refractivity contribution < 1.29 is 4.74 Å². The van der Waals surface area contributed by atoms with E-state index in [-0.39, 0.29) is 0 Å². The lowest BCUT2D eigenvalue weighted by atomic mass is 10.1. The average molecular weight is 351 g/mol. The van der Waals surface area contributed by atoms with E-state index in [1.165, 1.54) is 0 Å². The molecule has 1 aromatic carbocycles. The zero-order valence-corrected chi connectivity index (χ0v) is 15.4. The first-order chi connectivity index (χ1) is 12.7. The van der Waals surface area contributed by atoms with Gasteiger partial charge in [0.1, 0.15) is 5.82 Å². The number of morpholine rings is 1. The highest BCUT2D eigenvalue weighted by Gasteiger charge is 2.15. The predicted octanol–water partition coefficient (Wildman–Crippen LogP) is 2.76. The number of aryl methyl sites for hydroxylation is 1. The first-order valence-electron chi connectivity index (χ1n) is 9.18. The largest absolute Gasteiger partial charge is 0.379 e. The highest BCUT2D eigenvalue weighted by molar-refractivity contribution is 5.78. The number of rotatable bonds is 5. The number of ether oxygens (including phenoxy) is 1. The van der Waals surface area contributed by atoms with Crippen molar-refractivity contribution in [1.82, 2.24) is 19.5 Å². The molecule has 26 heavy (non-hydrogen) atoms. The number of hydrogen-bond acceptors (Lipinski definition) is 5. The number of nitrogens with one attached hydrogen (secondary N) is 1. The van der Waals surface area contributed by atoms with E-state index in [0.717, 1.165) is 73.2 Å². The molecule has 6 nitrogen and oxygen atoms in total. The van der Waals surface area contributed by atoms with Crippen LogP contribution in [0.4, 0.5) is 5.82 Å². The summed E-state index contributed by atoms with van der Waals surface area (Å²) in [5, 5.41) is 8.21. The number of benzene rings is 1.